The van der Waals surface area contributed by atoms with E-state index >= 15 is 0 Å². The van der Waals surface area contributed by atoms with Crippen molar-refractivity contribution in [3.8, 4) is 5.75 Å². The molecule has 0 saturated heterocycles. The first-order valence-electron chi connectivity index (χ1n) is 8.99. The molecule has 0 amide bonds. The van der Waals surface area contributed by atoms with Crippen molar-refractivity contribution >= 4 is 11.5 Å². The molecule has 0 heterocycles. The maximum atomic E-state index is 11.1. The van der Waals surface area contributed by atoms with Crippen LogP contribution in [0.15, 0.2) is 36.9 Å². The average Bonchev–Trinajstić information content (AvgIpc) is 2.64. The Morgan fingerprint density at radius 1 is 1.40 bits per heavy atom. The van der Waals surface area contributed by atoms with Crippen LogP contribution < -0.4 is 4.74 Å². The molecule has 0 aromatic heterocycles. The summed E-state index contributed by atoms with van der Waals surface area (Å²) in [5, 5.41) is 9.03. The Bertz CT molecular complexity index is 618. The van der Waals surface area contributed by atoms with Crippen LogP contribution in [0, 0.1) is 5.92 Å². The molecule has 1 N–H and O–H groups in total. The summed E-state index contributed by atoms with van der Waals surface area (Å²) in [6.45, 7) is 6.33. The number of allylic oxidation sites excluding steroid dienone is 2. The number of benzene rings is 1. The van der Waals surface area contributed by atoms with Crippen molar-refractivity contribution < 1.29 is 19.4 Å². The lowest BCUT2D eigenvalue weighted by atomic mass is 9.87. The molecule has 1 atom stereocenters. The number of hydrogen-bond donors (Lipinski definition) is 1. The van der Waals surface area contributed by atoms with Crippen LogP contribution in [0.2, 0.25) is 0 Å². The molecule has 25 heavy (non-hydrogen) atoms. The Kier molecular flexibility index (Phi) is 7.74. The van der Waals surface area contributed by atoms with E-state index in [1.807, 2.05) is 6.07 Å². The minimum Gasteiger partial charge on any atom is -0.489 e. The highest BCUT2D eigenvalue weighted by Gasteiger charge is 2.15. The van der Waals surface area contributed by atoms with E-state index in [0.29, 0.717) is 6.61 Å². The Morgan fingerprint density at radius 2 is 2.24 bits per heavy atom. The van der Waals surface area contributed by atoms with Crippen LogP contribution in [0.4, 0.5) is 0 Å². The number of aliphatic hydroxyl groups excluding tert-OH is 1. The van der Waals surface area contributed by atoms with Gasteiger partial charge in [-0.1, -0.05) is 31.7 Å². The zero-order chi connectivity index (χ0) is 18.1. The van der Waals surface area contributed by atoms with E-state index in [-0.39, 0.29) is 13.2 Å². The molecule has 1 unspecified atom stereocenters. The van der Waals surface area contributed by atoms with Crippen molar-refractivity contribution in [2.75, 3.05) is 19.8 Å². The van der Waals surface area contributed by atoms with Gasteiger partial charge in [-0.2, -0.15) is 0 Å². The van der Waals surface area contributed by atoms with Crippen molar-refractivity contribution in [2.24, 2.45) is 5.92 Å². The van der Waals surface area contributed by atoms with E-state index in [9.17, 15) is 4.79 Å². The molecule has 1 aliphatic carbocycles. The Morgan fingerprint density at radius 3 is 2.92 bits per heavy atom. The number of rotatable bonds is 9. The molecule has 136 valence electrons. The predicted molar refractivity (Wildman–Crippen MR) is 99.5 cm³/mol. The van der Waals surface area contributed by atoms with Gasteiger partial charge < -0.3 is 14.6 Å². The largest absolute Gasteiger partial charge is 0.489 e. The van der Waals surface area contributed by atoms with Gasteiger partial charge in [0.25, 0.3) is 0 Å². The highest BCUT2D eigenvalue weighted by molar-refractivity contribution is 5.81. The molecular formula is C21H28O4. The van der Waals surface area contributed by atoms with E-state index in [0.717, 1.165) is 54.6 Å². The van der Waals surface area contributed by atoms with Gasteiger partial charge in [0.05, 0.1) is 0 Å². The lowest BCUT2D eigenvalue weighted by Gasteiger charge is -2.21. The van der Waals surface area contributed by atoms with Crippen LogP contribution in [-0.4, -0.2) is 30.9 Å². The van der Waals surface area contributed by atoms with Gasteiger partial charge in [0.2, 0.25) is 0 Å². The first-order valence-corrected chi connectivity index (χ1v) is 8.99. The Labute approximate surface area is 150 Å². The van der Waals surface area contributed by atoms with E-state index in [4.69, 9.17) is 14.6 Å². The number of aryl methyl sites for hydroxylation is 1. The maximum absolute atomic E-state index is 11.1. The third-order valence-corrected chi connectivity index (χ3v) is 4.44. The fourth-order valence-electron chi connectivity index (χ4n) is 2.95. The molecular weight excluding hydrogens is 316 g/mol. The highest BCUT2D eigenvalue weighted by atomic mass is 16.6. The molecule has 0 bridgehead atoms. The van der Waals surface area contributed by atoms with E-state index in [2.05, 4.69) is 31.7 Å². The topological polar surface area (TPSA) is 55.8 Å². The number of carbonyl (C=O) groups excluding carboxylic acids is 1. The lowest BCUT2D eigenvalue weighted by Crippen LogP contribution is -2.11. The minimum absolute atomic E-state index is 0.179. The summed E-state index contributed by atoms with van der Waals surface area (Å²) < 4.78 is 10.9. The van der Waals surface area contributed by atoms with Crippen LogP contribution in [0.25, 0.3) is 5.57 Å². The van der Waals surface area contributed by atoms with Gasteiger partial charge in [0, 0.05) is 18.2 Å². The summed E-state index contributed by atoms with van der Waals surface area (Å²) >= 11 is 0. The third-order valence-electron chi connectivity index (χ3n) is 4.44. The van der Waals surface area contributed by atoms with Crippen molar-refractivity contribution in [2.45, 2.75) is 39.0 Å². The van der Waals surface area contributed by atoms with Crippen molar-refractivity contribution in [3.05, 3.63) is 48.1 Å². The summed E-state index contributed by atoms with van der Waals surface area (Å²) in [5.41, 5.74) is 3.58. The number of aliphatic hydroxyl groups is 1. The van der Waals surface area contributed by atoms with Crippen molar-refractivity contribution in [1.82, 2.24) is 0 Å². The normalized spacial score (nSPS) is 16.9. The lowest BCUT2D eigenvalue weighted by molar-refractivity contribution is -0.138. The average molecular weight is 344 g/mol. The van der Waals surface area contributed by atoms with Gasteiger partial charge in [-0.05, 0) is 55.2 Å². The molecule has 0 spiro atoms. The first kappa shape index (κ1) is 19.3. The second-order valence-electron chi connectivity index (χ2n) is 6.49. The molecule has 0 radical (unpaired) electrons. The van der Waals surface area contributed by atoms with Gasteiger partial charge in [-0.3, -0.25) is 0 Å². The first-order chi connectivity index (χ1) is 12.1. The van der Waals surface area contributed by atoms with E-state index in [1.165, 1.54) is 12.0 Å². The van der Waals surface area contributed by atoms with Gasteiger partial charge in [-0.15, -0.1) is 0 Å². The zero-order valence-corrected chi connectivity index (χ0v) is 15.0. The fraction of sp³-hybridized carbons (Fsp3) is 0.476. The maximum Gasteiger partial charge on any atom is 0.330 e. The predicted octanol–water partition coefficient (Wildman–Crippen LogP) is 3.92. The van der Waals surface area contributed by atoms with Gasteiger partial charge in [-0.25, -0.2) is 4.79 Å². The molecule has 0 saturated carbocycles. The van der Waals surface area contributed by atoms with E-state index in [1.54, 1.807) is 0 Å². The van der Waals surface area contributed by atoms with Crippen LogP contribution in [0.5, 0.6) is 5.75 Å². The smallest absolute Gasteiger partial charge is 0.330 e. The number of esters is 1. The molecule has 1 aromatic rings. The zero-order valence-electron chi connectivity index (χ0n) is 15.0. The summed E-state index contributed by atoms with van der Waals surface area (Å²) in [6.07, 6.45) is 8.34. The fourth-order valence-corrected chi connectivity index (χ4v) is 2.95. The van der Waals surface area contributed by atoms with Crippen LogP contribution >= 0.6 is 0 Å². The van der Waals surface area contributed by atoms with Gasteiger partial charge in [0.15, 0.2) is 0 Å². The third kappa shape index (κ3) is 6.05. The Hall–Kier alpha value is -2.07. The highest BCUT2D eigenvalue weighted by Crippen LogP contribution is 2.35. The quantitative estimate of drug-likeness (QED) is 0.419. The molecule has 1 aliphatic rings. The standard InChI is InChI=1S/C21H28O4/c1-3-21(23)25-14-13-24-20-15-17(5-4-12-22)8-11-19(20)18-9-6-16(2)7-10-18/h3,8-9,11,15-16,22H,1,4-7,10,12-14H2,2H3. The van der Waals surface area contributed by atoms with Crippen LogP contribution in [0.1, 0.15) is 43.7 Å². The van der Waals surface area contributed by atoms with Crippen LogP contribution in [0.3, 0.4) is 0 Å². The molecule has 0 fully saturated rings. The van der Waals surface area contributed by atoms with E-state index < -0.39 is 5.97 Å². The second kappa shape index (κ2) is 10.0. The summed E-state index contributed by atoms with van der Waals surface area (Å²) in [5.74, 6) is 1.12. The number of ether oxygens (including phenoxy) is 2. The summed E-state index contributed by atoms with van der Waals surface area (Å²) in [7, 11) is 0. The molecule has 1 aromatic carbocycles. The molecule has 4 nitrogen and oxygen atoms in total. The summed E-state index contributed by atoms with van der Waals surface area (Å²) in [6, 6.07) is 6.26. The summed E-state index contributed by atoms with van der Waals surface area (Å²) in [4.78, 5) is 11.1. The Balaban J connectivity index is 2.10. The van der Waals surface area contributed by atoms with Crippen LogP contribution in [-0.2, 0) is 16.0 Å². The molecule has 0 aliphatic heterocycles. The molecule has 2 rings (SSSR count). The SMILES string of the molecule is C=CC(=O)OCCOc1cc(CCCO)ccc1C1=CCC(C)CC1. The van der Waals surface area contributed by atoms with Gasteiger partial charge in [0.1, 0.15) is 19.0 Å². The monoisotopic (exact) mass is 344 g/mol. The number of hydrogen-bond acceptors (Lipinski definition) is 4. The number of carbonyl (C=O) groups is 1. The van der Waals surface area contributed by atoms with Gasteiger partial charge >= 0.3 is 5.97 Å². The minimum atomic E-state index is -0.440. The second-order valence-corrected chi connectivity index (χ2v) is 6.49. The van der Waals surface area contributed by atoms with Crippen molar-refractivity contribution in [3.63, 3.8) is 0 Å². The van der Waals surface area contributed by atoms with Crippen molar-refractivity contribution in [1.29, 1.82) is 0 Å². The molecule has 4 heteroatoms.